The van der Waals surface area contributed by atoms with Crippen LogP contribution in [-0.4, -0.2) is 34.7 Å². The van der Waals surface area contributed by atoms with Gasteiger partial charge in [-0.25, -0.2) is 0 Å². The van der Waals surface area contributed by atoms with E-state index in [-0.39, 0.29) is 22.7 Å². The quantitative estimate of drug-likeness (QED) is 0.295. The first kappa shape index (κ1) is 24.4. The molecule has 0 unspecified atom stereocenters. The molecule has 0 amide bonds. The van der Waals surface area contributed by atoms with Crippen LogP contribution < -0.4 is 5.73 Å². The number of aliphatic hydroxyl groups is 1. The number of aliphatic hydroxyl groups excluding tert-OH is 1. The molecule has 4 aliphatic carbocycles. The largest absolute Gasteiger partial charge is 0.469 e. The Bertz CT molecular complexity index is 732. The van der Waals surface area contributed by atoms with Crippen molar-refractivity contribution in [3.63, 3.8) is 0 Å². The molecule has 0 aromatic carbocycles. The van der Waals surface area contributed by atoms with Crippen LogP contribution in [0.15, 0.2) is 0 Å². The van der Waals surface area contributed by atoms with Gasteiger partial charge in [-0.2, -0.15) is 0 Å². The van der Waals surface area contributed by atoms with Gasteiger partial charge < -0.3 is 15.6 Å². The Morgan fingerprint density at radius 2 is 1.94 bits per heavy atom. The second-order valence-electron chi connectivity index (χ2n) is 11.9. The lowest BCUT2D eigenvalue weighted by molar-refractivity contribution is -0.168. The van der Waals surface area contributed by atoms with Gasteiger partial charge in [-0.05, 0) is 104 Å². The topological polar surface area (TPSA) is 96.4 Å². The summed E-state index contributed by atoms with van der Waals surface area (Å²) in [5.41, 5.74) is 5.98. The molecule has 4 rings (SSSR count). The molecule has 0 spiro atoms. The van der Waals surface area contributed by atoms with Gasteiger partial charge in [0.2, 0.25) is 0 Å². The third-order valence-corrected chi connectivity index (χ3v) is 11.8. The van der Waals surface area contributed by atoms with E-state index in [2.05, 4.69) is 20.8 Å². The number of hydrogen-bond donors (Lipinski definition) is 3. The third-order valence-electron chi connectivity index (χ3n) is 10.8. The van der Waals surface area contributed by atoms with Crippen LogP contribution in [0.5, 0.6) is 0 Å². The van der Waals surface area contributed by atoms with Crippen molar-refractivity contribution in [1.29, 1.82) is 5.41 Å². The fourth-order valence-electron chi connectivity index (χ4n) is 9.08. The molecular formula is C26H44N2O3S. The number of methoxy groups -OCH3 is 1. The minimum absolute atomic E-state index is 0.0262. The molecule has 0 heterocycles. The Hall–Kier alpha value is -0.750. The number of amidine groups is 1. The maximum Gasteiger partial charge on any atom is 0.305 e. The van der Waals surface area contributed by atoms with Crippen molar-refractivity contribution < 1.29 is 14.6 Å². The van der Waals surface area contributed by atoms with Gasteiger partial charge in [0.1, 0.15) is 0 Å². The fourth-order valence-corrected chi connectivity index (χ4v) is 10.0. The molecule has 4 saturated carbocycles. The summed E-state index contributed by atoms with van der Waals surface area (Å²) in [5, 5.41) is 20.1. The van der Waals surface area contributed by atoms with Crippen molar-refractivity contribution in [2.75, 3.05) is 7.11 Å². The zero-order valence-electron chi connectivity index (χ0n) is 20.4. The number of nitrogens with one attached hydrogen (secondary N) is 1. The van der Waals surface area contributed by atoms with Crippen LogP contribution in [-0.2, 0) is 9.53 Å². The minimum atomic E-state index is -0.248. The van der Waals surface area contributed by atoms with E-state index in [1.807, 2.05) is 0 Å². The standard InChI is InChI=1S/C26H44N2O3S/c1-15(5-10-23(30)31-4)19-8-9-20-18-7-6-16-13-17(32-24(27)28)11-12-25(16,2)21(18)14-22(29)26(19,20)3/h15-22,29H,5-14H2,1-4H3,(H3,27,28)/t15-,16-,17-,18-,19+,20-,21-,22+,25-,26+/m0/s1. The summed E-state index contributed by atoms with van der Waals surface area (Å²) < 4.78 is 4.87. The van der Waals surface area contributed by atoms with Crippen LogP contribution in [0.3, 0.4) is 0 Å². The van der Waals surface area contributed by atoms with Crippen LogP contribution >= 0.6 is 11.8 Å². The molecule has 4 aliphatic rings. The van der Waals surface area contributed by atoms with Gasteiger partial charge in [-0.3, -0.25) is 10.2 Å². The number of rotatable bonds is 5. The molecule has 4 fully saturated rings. The van der Waals surface area contributed by atoms with Crippen molar-refractivity contribution in [1.82, 2.24) is 0 Å². The van der Waals surface area contributed by atoms with Crippen LogP contribution in [0.4, 0.5) is 0 Å². The average Bonchev–Trinajstić information content (AvgIpc) is 3.11. The number of thioether (sulfide) groups is 1. The fraction of sp³-hybridized carbons (Fsp3) is 0.923. The van der Waals surface area contributed by atoms with Gasteiger partial charge in [-0.1, -0.05) is 32.5 Å². The lowest BCUT2D eigenvalue weighted by atomic mass is 9.44. The summed E-state index contributed by atoms with van der Waals surface area (Å²) in [4.78, 5) is 11.7. The first-order chi connectivity index (χ1) is 15.1. The Morgan fingerprint density at radius 1 is 1.19 bits per heavy atom. The van der Waals surface area contributed by atoms with Gasteiger partial charge in [0.15, 0.2) is 5.17 Å². The van der Waals surface area contributed by atoms with E-state index in [1.54, 1.807) is 11.8 Å². The number of carbonyl (C=O) groups is 1. The molecule has 0 aromatic rings. The van der Waals surface area contributed by atoms with Crippen molar-refractivity contribution in [3.05, 3.63) is 0 Å². The molecule has 182 valence electrons. The molecule has 0 aromatic heterocycles. The minimum Gasteiger partial charge on any atom is -0.469 e. The maximum atomic E-state index is 11.7. The molecule has 0 aliphatic heterocycles. The summed E-state index contributed by atoms with van der Waals surface area (Å²) in [7, 11) is 1.47. The highest BCUT2D eigenvalue weighted by atomic mass is 32.2. The highest BCUT2D eigenvalue weighted by molar-refractivity contribution is 8.14. The van der Waals surface area contributed by atoms with E-state index in [0.717, 1.165) is 25.2 Å². The van der Waals surface area contributed by atoms with E-state index in [0.29, 0.717) is 46.7 Å². The molecular weight excluding hydrogens is 420 g/mol. The summed E-state index contributed by atoms with van der Waals surface area (Å²) in [6.45, 7) is 7.18. The van der Waals surface area contributed by atoms with E-state index >= 15 is 0 Å². The van der Waals surface area contributed by atoms with E-state index in [9.17, 15) is 9.90 Å². The van der Waals surface area contributed by atoms with Gasteiger partial charge >= 0.3 is 5.97 Å². The number of carbonyl (C=O) groups excluding carboxylic acids is 1. The predicted octanol–water partition coefficient (Wildman–Crippen LogP) is 5.20. The lowest BCUT2D eigenvalue weighted by Crippen LogP contribution is -2.58. The number of esters is 1. The van der Waals surface area contributed by atoms with E-state index < -0.39 is 0 Å². The Morgan fingerprint density at radius 3 is 2.62 bits per heavy atom. The molecule has 0 radical (unpaired) electrons. The summed E-state index contributed by atoms with van der Waals surface area (Å²) >= 11 is 1.57. The van der Waals surface area contributed by atoms with Crippen LogP contribution in [0, 0.1) is 51.7 Å². The first-order valence-corrected chi connectivity index (χ1v) is 13.7. The number of nitrogens with two attached hydrogens (primary N) is 1. The zero-order chi connectivity index (χ0) is 23.3. The molecule has 10 atom stereocenters. The maximum absolute atomic E-state index is 11.7. The van der Waals surface area contributed by atoms with Crippen molar-refractivity contribution in [2.45, 2.75) is 96.3 Å². The highest BCUT2D eigenvalue weighted by Gasteiger charge is 2.63. The highest BCUT2D eigenvalue weighted by Crippen LogP contribution is 2.68. The van der Waals surface area contributed by atoms with Crippen molar-refractivity contribution >= 4 is 22.9 Å². The van der Waals surface area contributed by atoms with Crippen LogP contribution in [0.2, 0.25) is 0 Å². The predicted molar refractivity (Wildman–Crippen MR) is 130 cm³/mol. The van der Waals surface area contributed by atoms with E-state index in [4.69, 9.17) is 15.9 Å². The van der Waals surface area contributed by atoms with Gasteiger partial charge in [0.25, 0.3) is 0 Å². The van der Waals surface area contributed by atoms with Crippen LogP contribution in [0.25, 0.3) is 0 Å². The van der Waals surface area contributed by atoms with Crippen molar-refractivity contribution in [3.8, 4) is 0 Å². The van der Waals surface area contributed by atoms with Crippen molar-refractivity contribution in [2.24, 2.45) is 52.1 Å². The normalized spacial score (nSPS) is 46.5. The second-order valence-corrected chi connectivity index (χ2v) is 13.3. The first-order valence-electron chi connectivity index (χ1n) is 12.9. The summed E-state index contributed by atoms with van der Waals surface area (Å²) in [6.07, 6.45) is 10.5. The Balaban J connectivity index is 1.50. The average molecular weight is 465 g/mol. The van der Waals surface area contributed by atoms with Gasteiger partial charge in [0.05, 0.1) is 13.2 Å². The SMILES string of the molecule is COC(=O)CC[C@H](C)[C@H]1CC[C@H]2[C@@H]3CC[C@H]4C[C@@H](SC(=N)N)CC[C@]4(C)[C@H]3C[C@@H](O)[C@]12C. The number of hydrogen-bond acceptors (Lipinski definition) is 5. The monoisotopic (exact) mass is 464 g/mol. The van der Waals surface area contributed by atoms with Gasteiger partial charge in [0, 0.05) is 11.7 Å². The molecule has 32 heavy (non-hydrogen) atoms. The lowest BCUT2D eigenvalue weighted by Gasteiger charge is -2.62. The summed E-state index contributed by atoms with van der Waals surface area (Å²) in [5.74, 6) is 3.43. The zero-order valence-corrected chi connectivity index (χ0v) is 21.3. The second kappa shape index (κ2) is 9.13. The molecule has 4 N–H and O–H groups in total. The number of ether oxygens (including phenoxy) is 1. The Labute approximate surface area is 198 Å². The molecule has 5 nitrogen and oxygen atoms in total. The van der Waals surface area contributed by atoms with Crippen LogP contribution in [0.1, 0.15) is 85.0 Å². The molecule has 6 heteroatoms. The molecule has 0 saturated heterocycles. The van der Waals surface area contributed by atoms with E-state index in [1.165, 1.54) is 45.6 Å². The number of fused-ring (bicyclic) bond motifs is 5. The summed E-state index contributed by atoms with van der Waals surface area (Å²) in [6, 6.07) is 0. The smallest absolute Gasteiger partial charge is 0.305 e. The van der Waals surface area contributed by atoms with Gasteiger partial charge in [-0.15, -0.1) is 0 Å². The third kappa shape index (κ3) is 4.01. The Kier molecular flexibility index (Phi) is 6.95. The molecule has 0 bridgehead atoms.